The van der Waals surface area contributed by atoms with Gasteiger partial charge in [0.1, 0.15) is 25.7 Å². The maximum atomic E-state index is 12.5. The van der Waals surface area contributed by atoms with E-state index >= 15 is 0 Å². The third kappa shape index (κ3) is 2.63. The van der Waals surface area contributed by atoms with Gasteiger partial charge in [-0.1, -0.05) is 0 Å². The lowest BCUT2D eigenvalue weighted by atomic mass is 10.2. The average molecular weight is 343 g/mol. The molecule has 2 aromatic rings. The molecule has 2 aromatic heterocycles. The van der Waals surface area contributed by atoms with Crippen LogP contribution in [0.2, 0.25) is 0 Å². The molecule has 10 heteroatoms. The Balaban J connectivity index is 2.51. The Bertz CT molecular complexity index is 844. The molecule has 7 nitrogen and oxygen atoms in total. The number of aryl methyl sites for hydroxylation is 1. The number of aromatic nitrogens is 1. The molecule has 0 fully saturated rings. The van der Waals surface area contributed by atoms with Crippen LogP contribution >= 0.6 is 22.9 Å². The lowest BCUT2D eigenvalue weighted by Gasteiger charge is -2.16. The number of nitrogens with zero attached hydrogens (tertiary/aromatic N) is 3. The topological polar surface area (TPSA) is 111 Å². The van der Waals surface area contributed by atoms with E-state index in [1.54, 1.807) is 0 Å². The van der Waals surface area contributed by atoms with Crippen molar-refractivity contribution in [3.05, 3.63) is 28.3 Å². The average Bonchev–Trinajstić information content (AvgIpc) is 3.03. The van der Waals surface area contributed by atoms with Crippen LogP contribution in [0.15, 0.2) is 16.3 Å². The molecule has 0 atom stereocenters. The molecule has 0 radical (unpaired) electrons. The Hall–Kier alpha value is -1.96. The summed E-state index contributed by atoms with van der Waals surface area (Å²) >= 11 is 1.63. The number of nitriles is 1. The monoisotopic (exact) mass is 343 g/mol. The van der Waals surface area contributed by atoms with Gasteiger partial charge in [-0.15, -0.1) is 11.3 Å². The summed E-state index contributed by atoms with van der Waals surface area (Å²) in [5.41, 5.74) is 0.122. The normalized spacial score (nSPS) is 11.1. The Morgan fingerprint density at radius 2 is 2.14 bits per heavy atom. The van der Waals surface area contributed by atoms with E-state index in [9.17, 15) is 13.2 Å². The lowest BCUT2D eigenvalue weighted by Crippen LogP contribution is -2.26. The highest BCUT2D eigenvalue weighted by atomic mass is 32.2. The summed E-state index contributed by atoms with van der Waals surface area (Å²) in [4.78, 5) is 11.5. The molecule has 0 saturated carbocycles. The zero-order valence-corrected chi connectivity index (χ0v) is 13.3. The molecule has 0 bridgehead atoms. The first-order chi connectivity index (χ1) is 9.78. The van der Waals surface area contributed by atoms with Crippen LogP contribution in [0.3, 0.4) is 0 Å². The van der Waals surface area contributed by atoms with Crippen molar-refractivity contribution in [2.24, 2.45) is 0 Å². The van der Waals surface area contributed by atoms with Crippen LogP contribution in [0.1, 0.15) is 20.9 Å². The molecule has 0 aliphatic carbocycles. The molecule has 0 aliphatic heterocycles. The van der Waals surface area contributed by atoms with E-state index in [2.05, 4.69) is 4.37 Å². The van der Waals surface area contributed by atoms with Crippen molar-refractivity contribution in [3.63, 3.8) is 0 Å². The van der Waals surface area contributed by atoms with Gasteiger partial charge in [0.25, 0.3) is 10.0 Å². The predicted octanol–water partition coefficient (Wildman–Crippen LogP) is 1.91. The van der Waals surface area contributed by atoms with Gasteiger partial charge in [-0.3, -0.25) is 4.31 Å². The van der Waals surface area contributed by atoms with Gasteiger partial charge in [0.05, 0.1) is 5.69 Å². The van der Waals surface area contributed by atoms with Gasteiger partial charge in [-0.2, -0.15) is 9.64 Å². The number of aromatic carboxylic acids is 1. The van der Waals surface area contributed by atoms with E-state index in [-0.39, 0.29) is 25.3 Å². The molecule has 0 aromatic carbocycles. The van der Waals surface area contributed by atoms with Crippen LogP contribution in [0.4, 0.5) is 5.00 Å². The van der Waals surface area contributed by atoms with Crippen LogP contribution in [0.5, 0.6) is 0 Å². The first-order valence-corrected chi connectivity index (χ1v) is 8.50. The van der Waals surface area contributed by atoms with Crippen molar-refractivity contribution in [1.82, 2.24) is 4.37 Å². The zero-order valence-electron chi connectivity index (χ0n) is 10.9. The second kappa shape index (κ2) is 5.44. The Kier molecular flexibility index (Phi) is 3.99. The third-order valence-corrected chi connectivity index (χ3v) is 7.00. The standard InChI is InChI=1S/C11H9N3O4S3/c1-6-9(11(15)16)10(20-13-6)14(2)21(17,18)8-4-3-7(5-12)19-8/h3-4H,1-2H3,(H,15,16). The van der Waals surface area contributed by atoms with Crippen molar-refractivity contribution >= 4 is 43.9 Å². The lowest BCUT2D eigenvalue weighted by molar-refractivity contribution is 0.0697. The molecule has 2 rings (SSSR count). The highest BCUT2D eigenvalue weighted by Gasteiger charge is 2.29. The molecular formula is C11H9N3O4S3. The Morgan fingerprint density at radius 3 is 2.67 bits per heavy atom. The predicted molar refractivity (Wildman–Crippen MR) is 78.4 cm³/mol. The first-order valence-electron chi connectivity index (χ1n) is 5.47. The number of carboxylic acids is 1. The fourth-order valence-corrected chi connectivity index (χ4v) is 5.11. The van der Waals surface area contributed by atoms with Crippen molar-refractivity contribution in [3.8, 4) is 6.07 Å². The number of rotatable bonds is 4. The smallest absolute Gasteiger partial charge is 0.340 e. The molecule has 1 N–H and O–H groups in total. The van der Waals surface area contributed by atoms with Gasteiger partial charge in [0.15, 0.2) is 0 Å². The number of sulfonamides is 1. The van der Waals surface area contributed by atoms with E-state index in [1.807, 2.05) is 6.07 Å². The van der Waals surface area contributed by atoms with Crippen LogP contribution in [0, 0.1) is 18.3 Å². The third-order valence-electron chi connectivity index (χ3n) is 2.65. The second-order valence-corrected chi connectivity index (χ2v) is 7.99. The molecule has 0 saturated heterocycles. The molecule has 0 spiro atoms. The fourth-order valence-electron chi connectivity index (χ4n) is 1.58. The largest absolute Gasteiger partial charge is 0.478 e. The summed E-state index contributed by atoms with van der Waals surface area (Å²) in [6, 6.07) is 4.59. The van der Waals surface area contributed by atoms with Gasteiger partial charge in [0.2, 0.25) is 0 Å². The van der Waals surface area contributed by atoms with E-state index in [0.29, 0.717) is 0 Å². The maximum Gasteiger partial charge on any atom is 0.340 e. The number of hydrogen-bond donors (Lipinski definition) is 1. The van der Waals surface area contributed by atoms with Crippen molar-refractivity contribution in [2.75, 3.05) is 11.4 Å². The van der Waals surface area contributed by atoms with E-state index < -0.39 is 16.0 Å². The van der Waals surface area contributed by atoms with Crippen LogP contribution in [-0.2, 0) is 10.0 Å². The van der Waals surface area contributed by atoms with Crippen molar-refractivity contribution in [2.45, 2.75) is 11.1 Å². The minimum atomic E-state index is -3.92. The van der Waals surface area contributed by atoms with Gasteiger partial charge < -0.3 is 5.11 Å². The van der Waals surface area contributed by atoms with E-state index in [4.69, 9.17) is 10.4 Å². The van der Waals surface area contributed by atoms with Gasteiger partial charge in [0, 0.05) is 7.05 Å². The minimum Gasteiger partial charge on any atom is -0.478 e. The fraction of sp³-hybridized carbons (Fsp3) is 0.182. The summed E-state index contributed by atoms with van der Waals surface area (Å²) in [6.07, 6.45) is 0. The number of carbonyl (C=O) groups is 1. The SMILES string of the molecule is Cc1nsc(N(C)S(=O)(=O)c2ccc(C#N)s2)c1C(=O)O. The quantitative estimate of drug-likeness (QED) is 0.907. The minimum absolute atomic E-state index is 0.0241. The summed E-state index contributed by atoms with van der Waals surface area (Å²) in [5, 5.41) is 18.0. The number of hydrogen-bond acceptors (Lipinski definition) is 7. The van der Waals surface area contributed by atoms with Gasteiger partial charge in [-0.25, -0.2) is 13.2 Å². The van der Waals surface area contributed by atoms with Crippen LogP contribution in [0.25, 0.3) is 0 Å². The number of carboxylic acid groups (broad SMARTS) is 1. The number of anilines is 1. The summed E-state index contributed by atoms with van der Waals surface area (Å²) in [7, 11) is -2.65. The van der Waals surface area contributed by atoms with E-state index in [1.165, 1.54) is 26.1 Å². The Morgan fingerprint density at radius 1 is 1.48 bits per heavy atom. The molecule has 0 amide bonds. The van der Waals surface area contributed by atoms with Crippen molar-refractivity contribution < 1.29 is 18.3 Å². The number of thiophene rings is 1. The molecular weight excluding hydrogens is 334 g/mol. The summed E-state index contributed by atoms with van der Waals surface area (Å²) in [6.45, 7) is 1.50. The van der Waals surface area contributed by atoms with Gasteiger partial charge in [-0.05, 0) is 30.6 Å². The molecule has 0 aliphatic rings. The second-order valence-electron chi connectivity index (χ2n) is 3.96. The molecule has 0 unspecified atom stereocenters. The highest BCUT2D eigenvalue weighted by Crippen LogP contribution is 2.33. The molecule has 110 valence electrons. The Labute approximate surface area is 128 Å². The van der Waals surface area contributed by atoms with Crippen LogP contribution < -0.4 is 4.31 Å². The molecule has 21 heavy (non-hydrogen) atoms. The van der Waals surface area contributed by atoms with Gasteiger partial charge >= 0.3 is 5.97 Å². The zero-order chi connectivity index (χ0) is 15.8. The van der Waals surface area contributed by atoms with Crippen molar-refractivity contribution in [1.29, 1.82) is 5.26 Å². The van der Waals surface area contributed by atoms with Crippen LogP contribution in [-0.4, -0.2) is 30.9 Å². The summed E-state index contributed by atoms with van der Waals surface area (Å²) < 4.78 is 29.7. The molecule has 2 heterocycles. The maximum absolute atomic E-state index is 12.5. The first kappa shape index (κ1) is 15.4. The highest BCUT2D eigenvalue weighted by molar-refractivity contribution is 7.95. The van der Waals surface area contributed by atoms with E-state index in [0.717, 1.165) is 27.2 Å². The summed E-state index contributed by atoms with van der Waals surface area (Å²) in [5.74, 6) is -1.23.